The first kappa shape index (κ1) is 37.1. The van der Waals surface area contributed by atoms with Crippen molar-refractivity contribution < 1.29 is 22.7 Å². The van der Waals surface area contributed by atoms with Crippen LogP contribution in [-0.2, 0) is 32.6 Å². The number of benzene rings is 4. The molecule has 0 heterocycles. The first-order chi connectivity index (χ1) is 23.1. The summed E-state index contributed by atoms with van der Waals surface area (Å²) in [5.74, 6) is -0.366. The van der Waals surface area contributed by atoms with Crippen LogP contribution in [0.15, 0.2) is 107 Å². The molecule has 0 aliphatic rings. The summed E-state index contributed by atoms with van der Waals surface area (Å²) in [7, 11) is -4.24. The maximum absolute atomic E-state index is 14.6. The Bertz CT molecular complexity index is 1770. The summed E-state index contributed by atoms with van der Waals surface area (Å²) < 4.78 is 35.2. The molecule has 0 radical (unpaired) electrons. The third-order valence-corrected chi connectivity index (χ3v) is 10.8. The smallest absolute Gasteiger partial charge is 0.264 e. The second kappa shape index (κ2) is 17.6. The van der Waals surface area contributed by atoms with Gasteiger partial charge in [0.1, 0.15) is 18.3 Å². The van der Waals surface area contributed by atoms with Crippen LogP contribution >= 0.6 is 35.0 Å². The number of nitrogens with zero attached hydrogens (tertiary/aromatic N) is 2. The minimum Gasteiger partial charge on any atom is -0.494 e. The molecule has 4 rings (SSSR count). The van der Waals surface area contributed by atoms with Crippen LogP contribution in [0.3, 0.4) is 0 Å². The van der Waals surface area contributed by atoms with Gasteiger partial charge in [-0.25, -0.2) is 8.42 Å². The second-order valence-corrected chi connectivity index (χ2v) is 14.4. The van der Waals surface area contributed by atoms with Gasteiger partial charge in [-0.3, -0.25) is 13.9 Å². The third kappa shape index (κ3) is 9.69. The fourth-order valence-corrected chi connectivity index (χ4v) is 7.18. The molecule has 0 saturated heterocycles. The summed E-state index contributed by atoms with van der Waals surface area (Å²) in [6, 6.07) is 26.4. The molecule has 1 N–H and O–H groups in total. The number of amides is 2. The molecule has 0 bridgehead atoms. The third-order valence-electron chi connectivity index (χ3n) is 7.52. The highest BCUT2D eigenvalue weighted by Crippen LogP contribution is 2.29. The maximum atomic E-state index is 14.6. The van der Waals surface area contributed by atoms with Crippen molar-refractivity contribution in [1.29, 1.82) is 0 Å². The number of rotatable bonds is 16. The number of nitrogens with one attached hydrogen (secondary N) is 1. The molecule has 0 saturated carbocycles. The van der Waals surface area contributed by atoms with Crippen molar-refractivity contribution in [3.63, 3.8) is 0 Å². The highest BCUT2D eigenvalue weighted by molar-refractivity contribution is 7.98. The number of ether oxygens (including phenoxy) is 1. The molecule has 0 aliphatic carbocycles. The van der Waals surface area contributed by atoms with Crippen LogP contribution in [0.4, 0.5) is 5.69 Å². The lowest BCUT2D eigenvalue weighted by atomic mass is 10.0. The molecule has 4 aromatic rings. The molecule has 48 heavy (non-hydrogen) atoms. The van der Waals surface area contributed by atoms with Gasteiger partial charge in [0.05, 0.1) is 27.2 Å². The average Bonchev–Trinajstić information content (AvgIpc) is 3.10. The Kier molecular flexibility index (Phi) is 13.6. The predicted molar refractivity (Wildman–Crippen MR) is 195 cm³/mol. The summed E-state index contributed by atoms with van der Waals surface area (Å²) in [5, 5.41) is 3.58. The zero-order valence-corrected chi connectivity index (χ0v) is 30.2. The maximum Gasteiger partial charge on any atom is 0.264 e. The SMILES string of the molecule is CCCNC(=O)C(Cc1ccccc1)N(Cc1ccc(Cl)c(Cl)c1)C(=O)CN(c1ccc(OCC)cc1)S(=O)(=O)c1ccc(SC)cc1. The highest BCUT2D eigenvalue weighted by Gasteiger charge is 2.34. The minimum atomic E-state index is -4.24. The van der Waals surface area contributed by atoms with Gasteiger partial charge in [0.2, 0.25) is 11.8 Å². The molecule has 1 atom stereocenters. The van der Waals surface area contributed by atoms with Crippen molar-refractivity contribution in [1.82, 2.24) is 10.2 Å². The Morgan fingerprint density at radius 3 is 2.17 bits per heavy atom. The topological polar surface area (TPSA) is 96.0 Å². The fourth-order valence-electron chi connectivity index (χ4n) is 5.03. The van der Waals surface area contributed by atoms with E-state index in [-0.39, 0.29) is 29.5 Å². The number of hydrogen-bond acceptors (Lipinski definition) is 6. The van der Waals surface area contributed by atoms with Crippen molar-refractivity contribution in [2.45, 2.75) is 49.1 Å². The van der Waals surface area contributed by atoms with Gasteiger partial charge in [-0.2, -0.15) is 0 Å². The van der Waals surface area contributed by atoms with E-state index in [9.17, 15) is 18.0 Å². The molecule has 12 heteroatoms. The molecule has 254 valence electrons. The van der Waals surface area contributed by atoms with E-state index in [4.69, 9.17) is 27.9 Å². The van der Waals surface area contributed by atoms with Crippen LogP contribution in [0.2, 0.25) is 10.0 Å². The molecular weight excluding hydrogens is 689 g/mol. The van der Waals surface area contributed by atoms with Gasteiger partial charge < -0.3 is 15.0 Å². The first-order valence-corrected chi connectivity index (χ1v) is 18.9. The van der Waals surface area contributed by atoms with Crippen molar-refractivity contribution in [3.05, 3.63) is 118 Å². The fraction of sp³-hybridized carbons (Fsp3) is 0.278. The van der Waals surface area contributed by atoms with Crippen molar-refractivity contribution >= 4 is 62.5 Å². The van der Waals surface area contributed by atoms with Crippen LogP contribution in [-0.4, -0.2) is 57.1 Å². The van der Waals surface area contributed by atoms with Gasteiger partial charge >= 0.3 is 0 Å². The second-order valence-electron chi connectivity index (χ2n) is 10.9. The highest BCUT2D eigenvalue weighted by atomic mass is 35.5. The van der Waals surface area contributed by atoms with E-state index < -0.39 is 28.5 Å². The summed E-state index contributed by atoms with van der Waals surface area (Å²) >= 11 is 14.0. The molecule has 1 unspecified atom stereocenters. The van der Waals surface area contributed by atoms with E-state index >= 15 is 0 Å². The van der Waals surface area contributed by atoms with E-state index in [1.54, 1.807) is 54.6 Å². The number of halogens is 2. The largest absolute Gasteiger partial charge is 0.494 e. The van der Waals surface area contributed by atoms with Gasteiger partial charge in [0.15, 0.2) is 0 Å². The normalized spacial score (nSPS) is 11.9. The van der Waals surface area contributed by atoms with Crippen molar-refractivity contribution in [2.75, 3.05) is 30.3 Å². The molecule has 2 amide bonds. The van der Waals surface area contributed by atoms with E-state index in [2.05, 4.69) is 5.32 Å². The predicted octanol–water partition coefficient (Wildman–Crippen LogP) is 7.48. The van der Waals surface area contributed by atoms with E-state index in [0.29, 0.717) is 40.9 Å². The molecule has 0 spiro atoms. The van der Waals surface area contributed by atoms with Crippen LogP contribution in [0.5, 0.6) is 5.75 Å². The molecule has 0 aromatic heterocycles. The van der Waals surface area contributed by atoms with Gasteiger partial charge in [-0.15, -0.1) is 11.8 Å². The van der Waals surface area contributed by atoms with E-state index in [1.165, 1.54) is 28.8 Å². The monoisotopic (exact) mass is 727 g/mol. The zero-order valence-electron chi connectivity index (χ0n) is 27.1. The summed E-state index contributed by atoms with van der Waals surface area (Å²) in [4.78, 5) is 30.7. The Morgan fingerprint density at radius 1 is 0.875 bits per heavy atom. The molecule has 0 aliphatic heterocycles. The van der Waals surface area contributed by atoms with Crippen LogP contribution in [0.25, 0.3) is 0 Å². The van der Waals surface area contributed by atoms with Gasteiger partial charge in [-0.05, 0) is 91.4 Å². The molecule has 0 fully saturated rings. The Hall–Kier alpha value is -3.70. The number of sulfonamides is 1. The lowest BCUT2D eigenvalue weighted by Gasteiger charge is -2.34. The number of carbonyl (C=O) groups is 2. The number of thioether (sulfide) groups is 1. The van der Waals surface area contributed by atoms with Gasteiger partial charge in [-0.1, -0.05) is 66.5 Å². The van der Waals surface area contributed by atoms with Crippen LogP contribution in [0.1, 0.15) is 31.4 Å². The Balaban J connectivity index is 1.81. The number of anilines is 1. The van der Waals surface area contributed by atoms with Crippen LogP contribution < -0.4 is 14.4 Å². The lowest BCUT2D eigenvalue weighted by Crippen LogP contribution is -2.53. The van der Waals surface area contributed by atoms with E-state index in [1.807, 2.05) is 50.4 Å². The van der Waals surface area contributed by atoms with Gasteiger partial charge in [0, 0.05) is 24.4 Å². The Labute approximate surface area is 297 Å². The molecule has 8 nitrogen and oxygen atoms in total. The quantitative estimate of drug-likeness (QED) is 0.120. The number of hydrogen-bond donors (Lipinski definition) is 1. The van der Waals surface area contributed by atoms with Crippen molar-refractivity contribution in [2.24, 2.45) is 0 Å². The molecule has 4 aromatic carbocycles. The summed E-state index contributed by atoms with van der Waals surface area (Å²) in [6.07, 6.45) is 2.80. The van der Waals surface area contributed by atoms with Crippen LogP contribution in [0, 0.1) is 0 Å². The summed E-state index contributed by atoms with van der Waals surface area (Å²) in [6.45, 7) is 4.05. The first-order valence-electron chi connectivity index (χ1n) is 15.5. The Morgan fingerprint density at radius 2 is 1.56 bits per heavy atom. The molecular formula is C36H39Cl2N3O5S2. The minimum absolute atomic E-state index is 0.0215. The summed E-state index contributed by atoms with van der Waals surface area (Å²) in [5.41, 5.74) is 1.73. The van der Waals surface area contributed by atoms with Crippen molar-refractivity contribution in [3.8, 4) is 5.75 Å². The standard InChI is InChI=1S/C36H39Cl2N3O5S2/c1-4-21-39-36(43)34(23-26-9-7-6-8-10-26)40(24-27-11-20-32(37)33(38)22-27)35(42)25-41(28-12-14-29(15-13-28)46-5-2)48(44,45)31-18-16-30(47-3)17-19-31/h6-20,22,34H,4-5,21,23-25H2,1-3H3,(H,39,43). The number of carbonyl (C=O) groups excluding carboxylic acids is 2. The lowest BCUT2D eigenvalue weighted by molar-refractivity contribution is -0.140. The average molecular weight is 729 g/mol. The van der Waals surface area contributed by atoms with Gasteiger partial charge in [0.25, 0.3) is 10.0 Å². The van der Waals surface area contributed by atoms with E-state index in [0.717, 1.165) is 14.8 Å². The zero-order chi connectivity index (χ0) is 34.7.